The molecule has 1 aromatic heterocycles. The Hall–Kier alpha value is -2.95. The van der Waals surface area contributed by atoms with Gasteiger partial charge in [0.25, 0.3) is 0 Å². The molecule has 0 atom stereocenters. The van der Waals surface area contributed by atoms with Crippen molar-refractivity contribution in [2.45, 2.75) is 44.6 Å². The van der Waals surface area contributed by atoms with Crippen molar-refractivity contribution in [2.24, 2.45) is 0 Å². The van der Waals surface area contributed by atoms with Gasteiger partial charge in [-0.15, -0.1) is 0 Å². The van der Waals surface area contributed by atoms with Crippen LogP contribution in [0.25, 0.3) is 22.2 Å². The predicted molar refractivity (Wildman–Crippen MR) is 112 cm³/mol. The SMILES string of the molecule is COc1cccc2c1OCCn1c-2c(C2CCCCC2)c2ccc(C(=O)O)cc21. The molecule has 5 nitrogen and oxygen atoms in total. The molecule has 29 heavy (non-hydrogen) atoms. The van der Waals surface area contributed by atoms with Crippen LogP contribution in [0.1, 0.15) is 53.9 Å². The molecule has 5 rings (SSSR count). The van der Waals surface area contributed by atoms with E-state index in [1.165, 1.54) is 48.7 Å². The number of aromatic nitrogens is 1. The highest BCUT2D eigenvalue weighted by Crippen LogP contribution is 2.49. The van der Waals surface area contributed by atoms with E-state index >= 15 is 0 Å². The third-order valence-corrected chi connectivity index (χ3v) is 6.38. The lowest BCUT2D eigenvalue weighted by Crippen LogP contribution is -2.07. The molecule has 0 amide bonds. The third-order valence-electron chi connectivity index (χ3n) is 6.38. The van der Waals surface area contributed by atoms with Gasteiger partial charge >= 0.3 is 5.97 Å². The maximum Gasteiger partial charge on any atom is 0.335 e. The molecule has 0 radical (unpaired) electrons. The largest absolute Gasteiger partial charge is 0.493 e. The maximum absolute atomic E-state index is 11.6. The molecule has 0 spiro atoms. The summed E-state index contributed by atoms with van der Waals surface area (Å²) in [5, 5.41) is 10.7. The van der Waals surface area contributed by atoms with Crippen molar-refractivity contribution in [3.05, 3.63) is 47.5 Å². The van der Waals surface area contributed by atoms with Gasteiger partial charge in [-0.05, 0) is 48.6 Å². The fraction of sp³-hybridized carbons (Fsp3) is 0.375. The van der Waals surface area contributed by atoms with Crippen LogP contribution in [0, 0.1) is 0 Å². The minimum absolute atomic E-state index is 0.323. The summed E-state index contributed by atoms with van der Waals surface area (Å²) in [7, 11) is 1.67. The number of hydrogen-bond donors (Lipinski definition) is 1. The molecular weight excluding hydrogens is 366 g/mol. The van der Waals surface area contributed by atoms with E-state index in [4.69, 9.17) is 9.47 Å². The van der Waals surface area contributed by atoms with Crippen LogP contribution in [0.5, 0.6) is 11.5 Å². The Morgan fingerprint density at radius 1 is 1.17 bits per heavy atom. The second-order valence-corrected chi connectivity index (χ2v) is 7.97. The Labute approximate surface area is 169 Å². The fourth-order valence-corrected chi connectivity index (χ4v) is 5.09. The molecule has 1 aliphatic heterocycles. The van der Waals surface area contributed by atoms with Gasteiger partial charge < -0.3 is 19.1 Å². The second kappa shape index (κ2) is 7.14. The predicted octanol–water partition coefficient (Wildman–Crippen LogP) is 5.46. The highest BCUT2D eigenvalue weighted by atomic mass is 16.5. The summed E-state index contributed by atoms with van der Waals surface area (Å²) in [6.07, 6.45) is 6.12. The quantitative estimate of drug-likeness (QED) is 0.644. The molecule has 150 valence electrons. The lowest BCUT2D eigenvalue weighted by molar-refractivity contribution is 0.0697. The first-order valence-corrected chi connectivity index (χ1v) is 10.4. The number of carboxylic acid groups (broad SMARTS) is 1. The number of rotatable bonds is 3. The van der Waals surface area contributed by atoms with Crippen molar-refractivity contribution in [2.75, 3.05) is 13.7 Å². The number of carbonyl (C=O) groups is 1. The van der Waals surface area contributed by atoms with Crippen LogP contribution in [-0.2, 0) is 6.54 Å². The molecule has 0 saturated heterocycles. The van der Waals surface area contributed by atoms with E-state index in [0.29, 0.717) is 24.6 Å². The Morgan fingerprint density at radius 2 is 2.00 bits per heavy atom. The summed E-state index contributed by atoms with van der Waals surface area (Å²) < 4.78 is 14.0. The molecule has 0 unspecified atom stereocenters. The molecular formula is C24H25NO4. The highest BCUT2D eigenvalue weighted by Gasteiger charge is 2.30. The molecule has 1 aliphatic carbocycles. The molecule has 1 fully saturated rings. The van der Waals surface area contributed by atoms with E-state index in [1.54, 1.807) is 13.2 Å². The lowest BCUT2D eigenvalue weighted by atomic mass is 9.81. The number of hydrogen-bond acceptors (Lipinski definition) is 3. The zero-order valence-corrected chi connectivity index (χ0v) is 16.6. The van der Waals surface area contributed by atoms with Crippen molar-refractivity contribution < 1.29 is 19.4 Å². The zero-order valence-electron chi connectivity index (χ0n) is 16.6. The first-order valence-electron chi connectivity index (χ1n) is 10.4. The number of aromatic carboxylic acids is 1. The van der Waals surface area contributed by atoms with Gasteiger partial charge in [0.15, 0.2) is 11.5 Å². The van der Waals surface area contributed by atoms with Crippen LogP contribution in [0.4, 0.5) is 0 Å². The van der Waals surface area contributed by atoms with Crippen LogP contribution in [0.3, 0.4) is 0 Å². The number of para-hydroxylation sites is 1. The van der Waals surface area contributed by atoms with Crippen molar-refractivity contribution in [1.82, 2.24) is 4.57 Å². The molecule has 3 aromatic rings. The smallest absolute Gasteiger partial charge is 0.335 e. The Morgan fingerprint density at radius 3 is 2.76 bits per heavy atom. The van der Waals surface area contributed by atoms with Gasteiger partial charge in [-0.2, -0.15) is 0 Å². The number of carboxylic acids is 1. The average molecular weight is 391 g/mol. The summed E-state index contributed by atoms with van der Waals surface area (Å²) in [5.41, 5.74) is 4.86. The van der Waals surface area contributed by atoms with Crippen molar-refractivity contribution in [3.63, 3.8) is 0 Å². The van der Waals surface area contributed by atoms with Crippen LogP contribution in [0.15, 0.2) is 36.4 Å². The molecule has 2 heterocycles. The van der Waals surface area contributed by atoms with Gasteiger partial charge in [-0.1, -0.05) is 31.4 Å². The molecule has 0 bridgehead atoms. The molecule has 5 heteroatoms. The second-order valence-electron chi connectivity index (χ2n) is 7.97. The minimum atomic E-state index is -0.895. The Balaban J connectivity index is 1.84. The normalized spacial score (nSPS) is 16.6. The van der Waals surface area contributed by atoms with Crippen LogP contribution in [-0.4, -0.2) is 29.4 Å². The highest BCUT2D eigenvalue weighted by molar-refractivity contribution is 5.99. The van der Waals surface area contributed by atoms with Crippen molar-refractivity contribution in [1.29, 1.82) is 0 Å². The van der Waals surface area contributed by atoms with E-state index in [2.05, 4.69) is 10.6 Å². The summed E-state index contributed by atoms with van der Waals surface area (Å²) in [6, 6.07) is 11.6. The van der Waals surface area contributed by atoms with E-state index in [0.717, 1.165) is 22.6 Å². The number of methoxy groups -OCH3 is 1. The fourth-order valence-electron chi connectivity index (χ4n) is 5.09. The van der Waals surface area contributed by atoms with Gasteiger partial charge in [0.05, 0.1) is 24.9 Å². The van der Waals surface area contributed by atoms with E-state index in [1.807, 2.05) is 24.3 Å². The van der Waals surface area contributed by atoms with Crippen LogP contribution >= 0.6 is 0 Å². The van der Waals surface area contributed by atoms with Gasteiger partial charge in [0.2, 0.25) is 0 Å². The first-order chi connectivity index (χ1) is 14.2. The number of fused-ring (bicyclic) bond motifs is 5. The Kier molecular flexibility index (Phi) is 4.46. The standard InChI is InChI=1S/C24H25NO4/c1-28-20-9-5-8-18-22-21(15-6-3-2-4-7-15)17-11-10-16(24(26)27)14-19(17)25(22)12-13-29-23(18)20/h5,8-11,14-15H,2-4,6-7,12-13H2,1H3,(H,26,27). The lowest BCUT2D eigenvalue weighted by Gasteiger charge is -2.23. The van der Waals surface area contributed by atoms with Gasteiger partial charge in [0.1, 0.15) is 6.61 Å². The van der Waals surface area contributed by atoms with E-state index in [9.17, 15) is 9.90 Å². The minimum Gasteiger partial charge on any atom is -0.493 e. The van der Waals surface area contributed by atoms with Gasteiger partial charge in [0, 0.05) is 16.5 Å². The van der Waals surface area contributed by atoms with Gasteiger partial charge in [-0.25, -0.2) is 4.79 Å². The average Bonchev–Trinajstić information content (AvgIpc) is 2.95. The topological polar surface area (TPSA) is 60.7 Å². The van der Waals surface area contributed by atoms with E-state index < -0.39 is 5.97 Å². The third kappa shape index (κ3) is 2.87. The van der Waals surface area contributed by atoms with Crippen molar-refractivity contribution in [3.8, 4) is 22.8 Å². The molecule has 2 aromatic carbocycles. The van der Waals surface area contributed by atoms with Crippen LogP contribution < -0.4 is 9.47 Å². The Bertz CT molecular complexity index is 1090. The summed E-state index contributed by atoms with van der Waals surface area (Å²) in [4.78, 5) is 11.6. The number of ether oxygens (including phenoxy) is 2. The van der Waals surface area contributed by atoms with E-state index in [-0.39, 0.29) is 0 Å². The summed E-state index contributed by atoms with van der Waals surface area (Å²) >= 11 is 0. The first kappa shape index (κ1) is 18.1. The van der Waals surface area contributed by atoms with Crippen LogP contribution in [0.2, 0.25) is 0 Å². The summed E-state index contributed by atoms with van der Waals surface area (Å²) in [5.74, 6) is 1.11. The monoisotopic (exact) mass is 391 g/mol. The number of nitrogens with zero attached hydrogens (tertiary/aromatic N) is 1. The molecule has 2 aliphatic rings. The van der Waals surface area contributed by atoms with Crippen molar-refractivity contribution >= 4 is 16.9 Å². The molecule has 1 N–H and O–H groups in total. The number of benzene rings is 2. The van der Waals surface area contributed by atoms with Gasteiger partial charge in [-0.3, -0.25) is 0 Å². The zero-order chi connectivity index (χ0) is 20.0. The maximum atomic E-state index is 11.6. The molecule has 1 saturated carbocycles. The summed E-state index contributed by atoms with van der Waals surface area (Å²) in [6.45, 7) is 1.20.